The van der Waals surface area contributed by atoms with E-state index in [0.717, 1.165) is 10.6 Å². The van der Waals surface area contributed by atoms with Gasteiger partial charge >= 0.3 is 0 Å². The molecule has 1 atom stereocenters. The molecule has 0 saturated carbocycles. The average Bonchev–Trinajstić information content (AvgIpc) is 2.71. The molecule has 2 aromatic rings. The van der Waals surface area contributed by atoms with Gasteiger partial charge in [-0.2, -0.15) is 0 Å². The van der Waals surface area contributed by atoms with E-state index >= 15 is 0 Å². The first kappa shape index (κ1) is 8.41. The fraction of sp³-hybridized carbons (Fsp3) is 0.100. The molecular weight excluding hydrogens is 180 g/mol. The Morgan fingerprint density at radius 3 is 2.62 bits per heavy atom. The zero-order chi connectivity index (χ0) is 9.10. The third-order valence-electron chi connectivity index (χ3n) is 1.88. The minimum Gasteiger partial charge on any atom is -0.318 e. The molecule has 0 fully saturated rings. The van der Waals surface area contributed by atoms with Gasteiger partial charge in [0.2, 0.25) is 0 Å². The highest BCUT2D eigenvalue weighted by Gasteiger charge is 2.09. The maximum absolute atomic E-state index is 6.01. The van der Waals surface area contributed by atoms with Gasteiger partial charge in [-0.05, 0) is 5.56 Å². The van der Waals surface area contributed by atoms with Crippen LogP contribution in [0.5, 0.6) is 0 Å². The van der Waals surface area contributed by atoms with Crippen molar-refractivity contribution in [3.8, 4) is 0 Å². The zero-order valence-electron chi connectivity index (χ0n) is 7.05. The Balaban J connectivity index is 2.29. The summed E-state index contributed by atoms with van der Waals surface area (Å²) in [7, 11) is 0. The SMILES string of the molecule is NC(c1ccccc1)c1nccs1. The number of nitrogens with zero attached hydrogens (tertiary/aromatic N) is 1. The van der Waals surface area contributed by atoms with E-state index < -0.39 is 0 Å². The second kappa shape index (κ2) is 3.68. The first-order valence-corrected chi connectivity index (χ1v) is 4.96. The van der Waals surface area contributed by atoms with Gasteiger partial charge in [0, 0.05) is 11.6 Å². The van der Waals surface area contributed by atoms with Crippen LogP contribution in [0.15, 0.2) is 41.9 Å². The van der Waals surface area contributed by atoms with Crippen molar-refractivity contribution < 1.29 is 0 Å². The van der Waals surface area contributed by atoms with E-state index in [1.54, 1.807) is 17.5 Å². The molecule has 0 aliphatic heterocycles. The number of nitrogens with two attached hydrogens (primary N) is 1. The Morgan fingerprint density at radius 1 is 1.23 bits per heavy atom. The third-order valence-corrected chi connectivity index (χ3v) is 2.73. The van der Waals surface area contributed by atoms with Gasteiger partial charge in [-0.1, -0.05) is 30.3 Å². The molecule has 0 saturated heterocycles. The lowest BCUT2D eigenvalue weighted by atomic mass is 10.1. The molecule has 13 heavy (non-hydrogen) atoms. The number of thiazole rings is 1. The van der Waals surface area contributed by atoms with Crippen molar-refractivity contribution in [1.82, 2.24) is 4.98 Å². The van der Waals surface area contributed by atoms with E-state index in [9.17, 15) is 0 Å². The summed E-state index contributed by atoms with van der Waals surface area (Å²) in [5, 5.41) is 2.91. The largest absolute Gasteiger partial charge is 0.318 e. The highest BCUT2D eigenvalue weighted by Crippen LogP contribution is 2.20. The molecule has 2 rings (SSSR count). The summed E-state index contributed by atoms with van der Waals surface area (Å²) in [6.45, 7) is 0. The minimum atomic E-state index is -0.0822. The van der Waals surface area contributed by atoms with Crippen LogP contribution in [0.3, 0.4) is 0 Å². The summed E-state index contributed by atoms with van der Waals surface area (Å²) in [6.07, 6.45) is 1.78. The van der Waals surface area contributed by atoms with Crippen molar-refractivity contribution in [2.24, 2.45) is 5.73 Å². The Bertz CT molecular complexity index is 356. The van der Waals surface area contributed by atoms with Crippen LogP contribution < -0.4 is 5.73 Å². The molecule has 2 N–H and O–H groups in total. The topological polar surface area (TPSA) is 38.9 Å². The van der Waals surface area contributed by atoms with Crippen LogP contribution in [0.25, 0.3) is 0 Å². The molecule has 0 amide bonds. The molecule has 0 radical (unpaired) electrons. The van der Waals surface area contributed by atoms with Gasteiger partial charge in [0.1, 0.15) is 5.01 Å². The number of hydrogen-bond acceptors (Lipinski definition) is 3. The maximum atomic E-state index is 6.01. The highest BCUT2D eigenvalue weighted by atomic mass is 32.1. The molecule has 0 aliphatic carbocycles. The van der Waals surface area contributed by atoms with Crippen molar-refractivity contribution in [2.45, 2.75) is 6.04 Å². The average molecular weight is 190 g/mol. The molecule has 66 valence electrons. The van der Waals surface area contributed by atoms with E-state index in [1.165, 1.54) is 0 Å². The fourth-order valence-corrected chi connectivity index (χ4v) is 1.86. The minimum absolute atomic E-state index is 0.0822. The van der Waals surface area contributed by atoms with Gasteiger partial charge in [0.05, 0.1) is 6.04 Å². The second-order valence-electron chi connectivity index (χ2n) is 2.76. The molecule has 1 unspecified atom stereocenters. The summed E-state index contributed by atoms with van der Waals surface area (Å²) in [6, 6.07) is 9.92. The van der Waals surface area contributed by atoms with Gasteiger partial charge in [0.25, 0.3) is 0 Å². The third kappa shape index (κ3) is 1.76. The van der Waals surface area contributed by atoms with E-state index in [0.29, 0.717) is 0 Å². The van der Waals surface area contributed by atoms with Crippen LogP contribution in [0.4, 0.5) is 0 Å². The van der Waals surface area contributed by atoms with Crippen LogP contribution in [-0.2, 0) is 0 Å². The predicted octanol–water partition coefficient (Wildman–Crippen LogP) is 2.19. The zero-order valence-corrected chi connectivity index (χ0v) is 7.87. The van der Waals surface area contributed by atoms with E-state index in [4.69, 9.17) is 5.73 Å². The Kier molecular flexibility index (Phi) is 2.38. The summed E-state index contributed by atoms with van der Waals surface area (Å²) in [5.41, 5.74) is 7.12. The first-order valence-electron chi connectivity index (χ1n) is 4.08. The van der Waals surface area contributed by atoms with Gasteiger partial charge < -0.3 is 5.73 Å². The monoisotopic (exact) mass is 190 g/mol. The van der Waals surface area contributed by atoms with Gasteiger partial charge in [-0.25, -0.2) is 4.98 Å². The molecule has 1 heterocycles. The Hall–Kier alpha value is -1.19. The molecule has 1 aromatic carbocycles. The number of aromatic nitrogens is 1. The fourth-order valence-electron chi connectivity index (χ4n) is 1.19. The molecule has 0 spiro atoms. The van der Waals surface area contributed by atoms with Crippen LogP contribution >= 0.6 is 11.3 Å². The number of rotatable bonds is 2. The molecular formula is C10H10N2S. The van der Waals surface area contributed by atoms with Gasteiger partial charge in [-0.3, -0.25) is 0 Å². The quantitative estimate of drug-likeness (QED) is 0.788. The molecule has 3 heteroatoms. The van der Waals surface area contributed by atoms with Gasteiger partial charge in [-0.15, -0.1) is 11.3 Å². The summed E-state index contributed by atoms with van der Waals surface area (Å²) >= 11 is 1.59. The van der Waals surface area contributed by atoms with Crippen LogP contribution in [0, 0.1) is 0 Å². The van der Waals surface area contributed by atoms with Crippen molar-refractivity contribution in [1.29, 1.82) is 0 Å². The lowest BCUT2D eigenvalue weighted by molar-refractivity contribution is 0.858. The second-order valence-corrected chi connectivity index (χ2v) is 3.68. The van der Waals surface area contributed by atoms with Crippen LogP contribution in [-0.4, -0.2) is 4.98 Å². The van der Waals surface area contributed by atoms with Crippen LogP contribution in [0.2, 0.25) is 0 Å². The lowest BCUT2D eigenvalue weighted by Crippen LogP contribution is -2.10. The standard InChI is InChI=1S/C10H10N2S/c11-9(10-12-6-7-13-10)8-4-2-1-3-5-8/h1-7,9H,11H2. The maximum Gasteiger partial charge on any atom is 0.114 e. The van der Waals surface area contributed by atoms with Gasteiger partial charge in [0.15, 0.2) is 0 Å². The molecule has 2 nitrogen and oxygen atoms in total. The summed E-state index contributed by atoms with van der Waals surface area (Å²) in [4.78, 5) is 4.19. The number of hydrogen-bond donors (Lipinski definition) is 1. The Labute approximate surface area is 81.1 Å². The smallest absolute Gasteiger partial charge is 0.114 e. The molecule has 1 aromatic heterocycles. The predicted molar refractivity (Wildman–Crippen MR) is 54.6 cm³/mol. The van der Waals surface area contributed by atoms with E-state index in [-0.39, 0.29) is 6.04 Å². The van der Waals surface area contributed by atoms with Crippen molar-refractivity contribution in [2.75, 3.05) is 0 Å². The Morgan fingerprint density at radius 2 is 2.00 bits per heavy atom. The first-order chi connectivity index (χ1) is 6.38. The van der Waals surface area contributed by atoms with Crippen LogP contribution in [0.1, 0.15) is 16.6 Å². The van der Waals surface area contributed by atoms with Crippen molar-refractivity contribution in [3.63, 3.8) is 0 Å². The van der Waals surface area contributed by atoms with E-state index in [2.05, 4.69) is 4.98 Å². The number of benzene rings is 1. The highest BCUT2D eigenvalue weighted by molar-refractivity contribution is 7.09. The van der Waals surface area contributed by atoms with Crippen molar-refractivity contribution in [3.05, 3.63) is 52.5 Å². The summed E-state index contributed by atoms with van der Waals surface area (Å²) < 4.78 is 0. The normalized spacial score (nSPS) is 12.7. The van der Waals surface area contributed by atoms with Crippen molar-refractivity contribution >= 4 is 11.3 Å². The summed E-state index contributed by atoms with van der Waals surface area (Å²) in [5.74, 6) is 0. The lowest BCUT2D eigenvalue weighted by Gasteiger charge is -2.07. The van der Waals surface area contributed by atoms with E-state index in [1.807, 2.05) is 35.7 Å². The molecule has 0 bridgehead atoms. The molecule has 0 aliphatic rings.